The fraction of sp³-hybridized carbons (Fsp3) is 0.308. The van der Waals surface area contributed by atoms with Crippen LogP contribution in [0, 0.1) is 0 Å². The van der Waals surface area contributed by atoms with Gasteiger partial charge in [-0.3, -0.25) is 77.9 Å². The molecule has 0 unspecified atom stereocenters. The van der Waals surface area contributed by atoms with Gasteiger partial charge in [-0.1, -0.05) is 48.5 Å². The molecule has 8 aliphatic heterocycles. The monoisotopic (exact) mass is 1180 g/mol. The van der Waals surface area contributed by atoms with Gasteiger partial charge in [0.05, 0.1) is 94.9 Å². The standard InChI is InChI=1S/4C13H12N2O3.2Rh/c4*16-11-6-5-8(7-14-11)15-12(17)9-3-1-2-4-10(9)13(15)18;;/h4*1-4,8H,5-7H2,(H,14,16);;/t4*8-;;/m0000../s1. The van der Waals surface area contributed by atoms with E-state index in [4.69, 9.17) is 0 Å². The first-order valence-electron chi connectivity index (χ1n) is 23.5. The van der Waals surface area contributed by atoms with Gasteiger partial charge in [0, 0.05) is 64.6 Å². The Hall–Kier alpha value is -7.43. The Morgan fingerprint density at radius 2 is 0.446 bits per heavy atom. The van der Waals surface area contributed by atoms with Crippen molar-refractivity contribution < 1.29 is 97.7 Å². The van der Waals surface area contributed by atoms with Crippen LogP contribution in [0.1, 0.15) is 134 Å². The molecule has 22 heteroatoms. The van der Waals surface area contributed by atoms with Crippen molar-refractivity contribution in [1.29, 1.82) is 0 Å². The summed E-state index contributed by atoms with van der Waals surface area (Å²) in [6.45, 7) is 1.16. The van der Waals surface area contributed by atoms with Crippen molar-refractivity contribution in [3.63, 3.8) is 0 Å². The molecule has 20 nitrogen and oxygen atoms in total. The topological polar surface area (TPSA) is 280 Å². The molecule has 8 aliphatic rings. The normalized spacial score (nSPS) is 22.4. The summed E-state index contributed by atoms with van der Waals surface area (Å²) in [7, 11) is 0. The Balaban J connectivity index is 0.000000143. The summed E-state index contributed by atoms with van der Waals surface area (Å²) in [5.74, 6) is -1.62. The summed E-state index contributed by atoms with van der Waals surface area (Å²) in [4.78, 5) is 118. The molecule has 0 aliphatic carbocycles. The quantitative estimate of drug-likeness (QED) is 0.144. The Morgan fingerprint density at radius 1 is 0.297 bits per heavy atom. The van der Waals surface area contributed by atoms with Crippen LogP contribution < -0.4 is 0 Å². The van der Waals surface area contributed by atoms with Crippen LogP contribution >= 0.6 is 0 Å². The van der Waals surface area contributed by atoms with Crippen LogP contribution in [-0.4, -0.2) is 161 Å². The zero-order valence-corrected chi connectivity index (χ0v) is 42.6. The van der Waals surface area contributed by atoms with E-state index in [1.807, 2.05) is 0 Å². The molecule has 4 aromatic carbocycles. The molecule has 386 valence electrons. The average molecular weight is 1180 g/mol. The van der Waals surface area contributed by atoms with E-state index in [9.17, 15) is 58.8 Å². The SMILES string of the molecule is O=C1c2ccccc2C(=O)N1[C@H]1CCC(O)=NC1.O=C1c2ccccc2C(=O)N1[C@H]1CCC(O)=NC1.O=C1c2ccccc2C(=O)N1[C@H]1CCC(O)=NC1.O=C1c2ccccc2C(=O)N1[C@H]1CCC(O)=NC1.[Rh].[Rh]. The van der Waals surface area contributed by atoms with Crippen LogP contribution in [0.15, 0.2) is 117 Å². The second-order valence-corrected chi connectivity index (χ2v) is 17.9. The van der Waals surface area contributed by atoms with Crippen LogP contribution in [-0.2, 0) is 39.0 Å². The molecule has 4 N–H and O–H groups in total. The second-order valence-electron chi connectivity index (χ2n) is 17.9. The first-order valence-corrected chi connectivity index (χ1v) is 23.5. The number of amides is 8. The van der Waals surface area contributed by atoms with E-state index in [0.717, 1.165) is 0 Å². The maximum absolute atomic E-state index is 12.2. The van der Waals surface area contributed by atoms with Crippen molar-refractivity contribution in [3.05, 3.63) is 142 Å². The van der Waals surface area contributed by atoms with Crippen LogP contribution in [0.4, 0.5) is 0 Å². The molecule has 8 heterocycles. The minimum atomic E-state index is -0.253. The number of hydrogen-bond donors (Lipinski definition) is 4. The molecule has 0 bridgehead atoms. The van der Waals surface area contributed by atoms with Gasteiger partial charge in [-0.05, 0) is 74.2 Å². The number of aliphatic hydroxyl groups is 4. The van der Waals surface area contributed by atoms with Crippen LogP contribution in [0.25, 0.3) is 0 Å². The number of aliphatic hydroxyl groups excluding tert-OH is 4. The van der Waals surface area contributed by atoms with E-state index in [-0.39, 0.29) is 160 Å². The van der Waals surface area contributed by atoms with Crippen molar-refractivity contribution in [1.82, 2.24) is 19.6 Å². The maximum atomic E-state index is 12.2. The predicted molar refractivity (Wildman–Crippen MR) is 260 cm³/mol. The molecule has 0 saturated carbocycles. The summed E-state index contributed by atoms with van der Waals surface area (Å²) >= 11 is 0. The van der Waals surface area contributed by atoms with Crippen molar-refractivity contribution in [2.75, 3.05) is 26.2 Å². The van der Waals surface area contributed by atoms with Crippen LogP contribution in [0.5, 0.6) is 0 Å². The number of benzene rings is 4. The van der Waals surface area contributed by atoms with Crippen molar-refractivity contribution in [2.45, 2.75) is 75.5 Å². The van der Waals surface area contributed by atoms with Gasteiger partial charge in [0.2, 0.25) is 0 Å². The van der Waals surface area contributed by atoms with Gasteiger partial charge in [0.15, 0.2) is 23.6 Å². The molecule has 12 rings (SSSR count). The van der Waals surface area contributed by atoms with E-state index in [1.54, 1.807) is 97.1 Å². The third-order valence-corrected chi connectivity index (χ3v) is 13.5. The third-order valence-electron chi connectivity index (χ3n) is 13.5. The number of aliphatic imine (C=N–C) groups is 4. The Morgan fingerprint density at radius 3 is 0.568 bits per heavy atom. The molecule has 0 saturated heterocycles. The zero-order valence-electron chi connectivity index (χ0n) is 39.3. The van der Waals surface area contributed by atoms with E-state index in [0.29, 0.717) is 95.9 Å². The smallest absolute Gasteiger partial charge is 0.261 e. The van der Waals surface area contributed by atoms with Crippen LogP contribution in [0.2, 0.25) is 0 Å². The second kappa shape index (κ2) is 23.2. The molecule has 4 aromatic rings. The average Bonchev–Trinajstić information content (AvgIpc) is 4.01. The van der Waals surface area contributed by atoms with Gasteiger partial charge in [-0.25, -0.2) is 0 Å². The van der Waals surface area contributed by atoms with E-state index < -0.39 is 0 Å². The van der Waals surface area contributed by atoms with Gasteiger partial charge >= 0.3 is 0 Å². The molecule has 2 radical (unpaired) electrons. The first-order chi connectivity index (χ1) is 34.7. The Bertz CT molecular complexity index is 2540. The Kier molecular flexibility index (Phi) is 17.0. The number of imide groups is 4. The van der Waals surface area contributed by atoms with Crippen molar-refractivity contribution >= 4 is 70.8 Å². The van der Waals surface area contributed by atoms with Gasteiger partial charge in [0.1, 0.15) is 0 Å². The number of carbonyl (C=O) groups is 8. The van der Waals surface area contributed by atoms with E-state index >= 15 is 0 Å². The predicted octanol–water partition coefficient (Wildman–Crippen LogP) is 5.60. The molecule has 0 fully saturated rings. The fourth-order valence-corrected chi connectivity index (χ4v) is 9.71. The van der Waals surface area contributed by atoms with E-state index in [1.165, 1.54) is 19.6 Å². The molecule has 8 amide bonds. The molecule has 0 spiro atoms. The summed E-state index contributed by atoms with van der Waals surface area (Å²) in [5.41, 5.74) is 3.68. The molecular weight excluding hydrogens is 1130 g/mol. The summed E-state index contributed by atoms with van der Waals surface area (Å²) < 4.78 is 0. The minimum Gasteiger partial charge on any atom is -0.497 e. The largest absolute Gasteiger partial charge is 0.497 e. The van der Waals surface area contributed by atoms with Gasteiger partial charge in [-0.15, -0.1) is 0 Å². The minimum absolute atomic E-state index is 0. The Labute approximate surface area is 449 Å². The zero-order chi connectivity index (χ0) is 50.8. The van der Waals surface area contributed by atoms with Crippen LogP contribution in [0.3, 0.4) is 0 Å². The van der Waals surface area contributed by atoms with Gasteiger partial charge in [0.25, 0.3) is 47.3 Å². The number of fused-ring (bicyclic) bond motifs is 4. The van der Waals surface area contributed by atoms with Crippen molar-refractivity contribution in [2.24, 2.45) is 20.0 Å². The van der Waals surface area contributed by atoms with Gasteiger partial charge < -0.3 is 20.4 Å². The summed E-state index contributed by atoms with van der Waals surface area (Å²) in [6, 6.07) is 26.3. The van der Waals surface area contributed by atoms with Crippen molar-refractivity contribution in [3.8, 4) is 0 Å². The molecule has 0 aromatic heterocycles. The third kappa shape index (κ3) is 10.6. The van der Waals surface area contributed by atoms with E-state index in [2.05, 4.69) is 20.0 Å². The molecule has 4 atom stereocenters. The van der Waals surface area contributed by atoms with Gasteiger partial charge in [-0.2, -0.15) is 0 Å². The molecular formula is C52H48N8O12Rh2. The molecule has 74 heavy (non-hydrogen) atoms. The number of carbonyl (C=O) groups excluding carboxylic acids is 8. The summed E-state index contributed by atoms with van der Waals surface area (Å²) in [5, 5.41) is 36.9. The maximum Gasteiger partial charge on any atom is 0.261 e. The first kappa shape index (κ1) is 54.3. The number of hydrogen-bond acceptors (Lipinski definition) is 12. The summed E-state index contributed by atoms with van der Waals surface area (Å²) in [6.07, 6.45) is 3.94. The number of nitrogens with zero attached hydrogens (tertiary/aromatic N) is 8. The number of rotatable bonds is 4. The fourth-order valence-electron chi connectivity index (χ4n) is 9.71.